The van der Waals surface area contributed by atoms with Crippen LogP contribution in [0.5, 0.6) is 5.75 Å². The molecular weight excluding hydrogens is 288 g/mol. The highest BCUT2D eigenvalue weighted by Crippen LogP contribution is 2.22. The second-order valence-electron chi connectivity index (χ2n) is 5.24. The Bertz CT molecular complexity index is 806. The van der Waals surface area contributed by atoms with E-state index in [1.54, 1.807) is 7.11 Å². The number of ether oxygens (including phenoxy) is 1. The number of nitrogens with one attached hydrogen (secondary N) is 1. The predicted octanol–water partition coefficient (Wildman–Crippen LogP) is 4.05. The average Bonchev–Trinajstić information content (AvgIpc) is 3.09. The molecule has 0 unspecified atom stereocenters. The summed E-state index contributed by atoms with van der Waals surface area (Å²) in [5.41, 5.74) is 3.31. The van der Waals surface area contributed by atoms with Gasteiger partial charge in [0.25, 0.3) is 5.91 Å². The first kappa shape index (κ1) is 14.9. The van der Waals surface area contributed by atoms with Crippen LogP contribution < -0.4 is 10.1 Å². The number of hydrogen-bond acceptors (Lipinski definition) is 2. The first-order chi connectivity index (χ1) is 11.2. The van der Waals surface area contributed by atoms with Crippen LogP contribution in [0.15, 0.2) is 67.0 Å². The number of benzene rings is 2. The van der Waals surface area contributed by atoms with Crippen molar-refractivity contribution in [3.63, 3.8) is 0 Å². The highest BCUT2D eigenvalue weighted by molar-refractivity contribution is 6.07. The van der Waals surface area contributed by atoms with Crippen molar-refractivity contribution in [2.45, 2.75) is 6.92 Å². The molecule has 1 N–H and O–H groups in total. The van der Waals surface area contributed by atoms with Crippen LogP contribution in [0.3, 0.4) is 0 Å². The van der Waals surface area contributed by atoms with Crippen molar-refractivity contribution >= 4 is 11.6 Å². The minimum Gasteiger partial charge on any atom is -0.497 e. The molecule has 0 saturated carbocycles. The molecule has 2 aromatic carbocycles. The molecule has 1 aromatic heterocycles. The number of amides is 1. The van der Waals surface area contributed by atoms with Gasteiger partial charge in [0, 0.05) is 18.1 Å². The van der Waals surface area contributed by atoms with E-state index >= 15 is 0 Å². The molecule has 0 spiro atoms. The Hall–Kier alpha value is -3.01. The van der Waals surface area contributed by atoms with Crippen molar-refractivity contribution in [1.82, 2.24) is 4.57 Å². The standard InChI is InChI=1S/C19H18N2O2/c1-14-6-5-7-17(18(14)21-12-3-4-13-21)19(22)20-15-8-10-16(23-2)11-9-15/h3-13H,1-2H3,(H,20,22). The van der Waals surface area contributed by atoms with Crippen LogP contribution in [0.25, 0.3) is 5.69 Å². The van der Waals surface area contributed by atoms with Gasteiger partial charge in [-0.05, 0) is 55.0 Å². The molecule has 0 fully saturated rings. The van der Waals surface area contributed by atoms with Crippen LogP contribution in [-0.2, 0) is 0 Å². The molecule has 4 nitrogen and oxygen atoms in total. The van der Waals surface area contributed by atoms with Crippen molar-refractivity contribution in [1.29, 1.82) is 0 Å². The molecule has 116 valence electrons. The zero-order valence-electron chi connectivity index (χ0n) is 13.1. The number of methoxy groups -OCH3 is 1. The van der Waals surface area contributed by atoms with Gasteiger partial charge in [0.1, 0.15) is 5.75 Å². The van der Waals surface area contributed by atoms with Gasteiger partial charge in [-0.2, -0.15) is 0 Å². The van der Waals surface area contributed by atoms with Crippen molar-refractivity contribution < 1.29 is 9.53 Å². The number of nitrogens with zero attached hydrogens (tertiary/aromatic N) is 1. The SMILES string of the molecule is COc1ccc(NC(=O)c2cccc(C)c2-n2cccc2)cc1. The van der Waals surface area contributed by atoms with Gasteiger partial charge < -0.3 is 14.6 Å². The minimum absolute atomic E-state index is 0.137. The fourth-order valence-electron chi connectivity index (χ4n) is 2.54. The van der Waals surface area contributed by atoms with Gasteiger partial charge >= 0.3 is 0 Å². The van der Waals surface area contributed by atoms with Gasteiger partial charge in [0.15, 0.2) is 0 Å². The minimum atomic E-state index is -0.137. The van der Waals surface area contributed by atoms with Gasteiger partial charge in [0.05, 0.1) is 18.4 Å². The monoisotopic (exact) mass is 306 g/mol. The van der Waals surface area contributed by atoms with Crippen LogP contribution in [0, 0.1) is 6.92 Å². The summed E-state index contributed by atoms with van der Waals surface area (Å²) in [6.45, 7) is 2.00. The van der Waals surface area contributed by atoms with Crippen molar-refractivity contribution in [3.05, 3.63) is 78.1 Å². The molecule has 4 heteroatoms. The molecule has 0 aliphatic carbocycles. The lowest BCUT2D eigenvalue weighted by Gasteiger charge is -2.14. The molecule has 0 aliphatic rings. The summed E-state index contributed by atoms with van der Waals surface area (Å²) in [5.74, 6) is 0.620. The Labute approximate surface area is 135 Å². The summed E-state index contributed by atoms with van der Waals surface area (Å²) in [5, 5.41) is 2.93. The van der Waals surface area contributed by atoms with Gasteiger partial charge in [-0.1, -0.05) is 12.1 Å². The first-order valence-corrected chi connectivity index (χ1v) is 7.37. The van der Waals surface area contributed by atoms with Gasteiger partial charge in [-0.25, -0.2) is 0 Å². The van der Waals surface area contributed by atoms with Gasteiger partial charge in [0.2, 0.25) is 0 Å². The van der Waals surface area contributed by atoms with Crippen molar-refractivity contribution in [3.8, 4) is 11.4 Å². The fraction of sp³-hybridized carbons (Fsp3) is 0.105. The van der Waals surface area contributed by atoms with Crippen LogP contribution in [0.1, 0.15) is 15.9 Å². The summed E-state index contributed by atoms with van der Waals surface area (Å²) in [6.07, 6.45) is 3.87. The molecule has 1 heterocycles. The molecular formula is C19H18N2O2. The quantitative estimate of drug-likeness (QED) is 0.790. The number of carbonyl (C=O) groups is 1. The lowest BCUT2D eigenvalue weighted by molar-refractivity contribution is 0.102. The predicted molar refractivity (Wildman–Crippen MR) is 91.5 cm³/mol. The average molecular weight is 306 g/mol. The normalized spacial score (nSPS) is 10.3. The smallest absolute Gasteiger partial charge is 0.257 e. The molecule has 23 heavy (non-hydrogen) atoms. The molecule has 1 amide bonds. The van der Waals surface area contributed by atoms with E-state index in [0.717, 1.165) is 22.7 Å². The summed E-state index contributed by atoms with van der Waals surface area (Å²) in [4.78, 5) is 12.7. The number of rotatable bonds is 4. The zero-order valence-corrected chi connectivity index (χ0v) is 13.1. The van der Waals surface area contributed by atoms with Crippen molar-refractivity contribution in [2.24, 2.45) is 0 Å². The Balaban J connectivity index is 1.92. The molecule has 0 radical (unpaired) electrons. The molecule has 3 aromatic rings. The summed E-state index contributed by atoms with van der Waals surface area (Å²) < 4.78 is 7.08. The van der Waals surface area contributed by atoms with Crippen LogP contribution in [0.2, 0.25) is 0 Å². The number of anilines is 1. The number of para-hydroxylation sites is 1. The lowest BCUT2D eigenvalue weighted by atomic mass is 10.1. The van der Waals surface area contributed by atoms with E-state index in [1.807, 2.05) is 78.5 Å². The van der Waals surface area contributed by atoms with Gasteiger partial charge in [-0.3, -0.25) is 4.79 Å². The van der Waals surface area contributed by atoms with E-state index in [-0.39, 0.29) is 5.91 Å². The van der Waals surface area contributed by atoms with E-state index in [1.165, 1.54) is 0 Å². The van der Waals surface area contributed by atoms with E-state index < -0.39 is 0 Å². The molecule has 0 atom stereocenters. The number of hydrogen-bond donors (Lipinski definition) is 1. The van der Waals surface area contributed by atoms with E-state index in [9.17, 15) is 4.79 Å². The molecule has 3 rings (SSSR count). The summed E-state index contributed by atoms with van der Waals surface area (Å²) in [6, 6.07) is 16.9. The maximum Gasteiger partial charge on any atom is 0.257 e. The third-order valence-corrected chi connectivity index (χ3v) is 3.69. The largest absolute Gasteiger partial charge is 0.497 e. The Morgan fingerprint density at radius 1 is 1.00 bits per heavy atom. The molecule has 0 saturated heterocycles. The van der Waals surface area contributed by atoms with E-state index in [4.69, 9.17) is 4.74 Å². The number of aryl methyl sites for hydroxylation is 1. The van der Waals surface area contributed by atoms with Crippen LogP contribution in [0.4, 0.5) is 5.69 Å². The Morgan fingerprint density at radius 2 is 1.70 bits per heavy atom. The van der Waals surface area contributed by atoms with Crippen molar-refractivity contribution in [2.75, 3.05) is 12.4 Å². The first-order valence-electron chi connectivity index (χ1n) is 7.37. The summed E-state index contributed by atoms with van der Waals surface area (Å²) >= 11 is 0. The third kappa shape index (κ3) is 3.11. The van der Waals surface area contributed by atoms with E-state index in [0.29, 0.717) is 5.56 Å². The zero-order chi connectivity index (χ0) is 16.2. The highest BCUT2D eigenvalue weighted by Gasteiger charge is 2.14. The molecule has 0 aliphatic heterocycles. The lowest BCUT2D eigenvalue weighted by Crippen LogP contribution is -2.15. The van der Waals surface area contributed by atoms with E-state index in [2.05, 4.69) is 5.32 Å². The second kappa shape index (κ2) is 6.40. The maximum absolute atomic E-state index is 12.7. The second-order valence-corrected chi connectivity index (χ2v) is 5.24. The van der Waals surface area contributed by atoms with Crippen LogP contribution in [-0.4, -0.2) is 17.6 Å². The summed E-state index contributed by atoms with van der Waals surface area (Å²) in [7, 11) is 1.61. The number of carbonyl (C=O) groups excluding carboxylic acids is 1. The third-order valence-electron chi connectivity index (χ3n) is 3.69. The Kier molecular flexibility index (Phi) is 4.15. The molecule has 0 bridgehead atoms. The topological polar surface area (TPSA) is 43.3 Å². The maximum atomic E-state index is 12.7. The Morgan fingerprint density at radius 3 is 2.35 bits per heavy atom. The highest BCUT2D eigenvalue weighted by atomic mass is 16.5. The fourth-order valence-corrected chi connectivity index (χ4v) is 2.54. The number of aromatic nitrogens is 1. The van der Waals surface area contributed by atoms with Crippen LogP contribution >= 0.6 is 0 Å². The van der Waals surface area contributed by atoms with Gasteiger partial charge in [-0.15, -0.1) is 0 Å².